The predicted octanol–water partition coefficient (Wildman–Crippen LogP) is 4.02. The molecule has 0 heterocycles. The summed E-state index contributed by atoms with van der Waals surface area (Å²) in [6, 6.07) is 1.21. The van der Waals surface area contributed by atoms with Crippen molar-refractivity contribution in [1.82, 2.24) is 4.90 Å². The van der Waals surface area contributed by atoms with Crippen molar-refractivity contribution < 1.29 is 9.90 Å². The SMILES string of the molecule is O=C(O)CN(C1C2CC3CC(C2)CC1C3)C1C2CC3CC(C2)CC1C3. The lowest BCUT2D eigenvalue weighted by Crippen LogP contribution is -2.65. The Bertz CT molecular complexity index is 474. The van der Waals surface area contributed by atoms with Crippen molar-refractivity contribution in [3.63, 3.8) is 0 Å². The summed E-state index contributed by atoms with van der Waals surface area (Å²) in [4.78, 5) is 14.5. The summed E-state index contributed by atoms with van der Waals surface area (Å²) >= 11 is 0. The van der Waals surface area contributed by atoms with E-state index in [1.807, 2.05) is 0 Å². The van der Waals surface area contributed by atoms with E-state index in [1.54, 1.807) is 0 Å². The van der Waals surface area contributed by atoms with E-state index in [0.29, 0.717) is 18.6 Å². The van der Waals surface area contributed by atoms with Crippen molar-refractivity contribution in [3.05, 3.63) is 0 Å². The molecule has 8 aliphatic carbocycles. The fraction of sp³-hybridized carbons (Fsp3) is 0.955. The van der Waals surface area contributed by atoms with E-state index >= 15 is 0 Å². The zero-order valence-corrected chi connectivity index (χ0v) is 15.4. The lowest BCUT2D eigenvalue weighted by Gasteiger charge is -2.63. The average molecular weight is 344 g/mol. The van der Waals surface area contributed by atoms with Crippen LogP contribution in [-0.4, -0.2) is 34.6 Å². The third-order valence-electron chi connectivity index (χ3n) is 9.44. The number of hydrogen-bond acceptors (Lipinski definition) is 2. The van der Waals surface area contributed by atoms with Crippen LogP contribution in [0.2, 0.25) is 0 Å². The Balaban J connectivity index is 1.33. The van der Waals surface area contributed by atoms with E-state index in [1.165, 1.54) is 64.2 Å². The van der Waals surface area contributed by atoms with Crippen molar-refractivity contribution in [2.45, 2.75) is 76.3 Å². The maximum absolute atomic E-state index is 11.8. The molecule has 1 N–H and O–H groups in total. The second-order valence-corrected chi connectivity index (χ2v) is 10.9. The van der Waals surface area contributed by atoms with Crippen LogP contribution in [0.15, 0.2) is 0 Å². The highest BCUT2D eigenvalue weighted by Crippen LogP contribution is 2.59. The molecule has 8 bridgehead atoms. The molecule has 3 nitrogen and oxygen atoms in total. The molecule has 0 radical (unpaired) electrons. The third-order valence-corrected chi connectivity index (χ3v) is 9.44. The molecular formula is C22H33NO2. The van der Waals surface area contributed by atoms with Crippen molar-refractivity contribution in [2.75, 3.05) is 6.54 Å². The van der Waals surface area contributed by atoms with Crippen LogP contribution >= 0.6 is 0 Å². The number of nitrogens with zero attached hydrogens (tertiary/aromatic N) is 1. The summed E-state index contributed by atoms with van der Waals surface area (Å²) in [7, 11) is 0. The molecule has 8 saturated carbocycles. The normalized spacial score (nSPS) is 55.2. The van der Waals surface area contributed by atoms with Crippen LogP contribution in [0, 0.1) is 47.3 Å². The highest BCUT2D eigenvalue weighted by Gasteiger charge is 2.56. The Morgan fingerprint density at radius 2 is 0.960 bits per heavy atom. The first-order chi connectivity index (χ1) is 12.1. The van der Waals surface area contributed by atoms with Crippen LogP contribution in [0.5, 0.6) is 0 Å². The summed E-state index contributed by atoms with van der Waals surface area (Å²) in [5.41, 5.74) is 0. The summed E-state index contributed by atoms with van der Waals surface area (Å²) in [6.07, 6.45) is 14.2. The molecule has 138 valence electrons. The van der Waals surface area contributed by atoms with Gasteiger partial charge in [0.25, 0.3) is 0 Å². The van der Waals surface area contributed by atoms with Gasteiger partial charge in [0.05, 0.1) is 6.54 Å². The molecule has 0 spiro atoms. The monoisotopic (exact) mass is 343 g/mol. The van der Waals surface area contributed by atoms with Crippen molar-refractivity contribution in [2.24, 2.45) is 47.3 Å². The molecule has 0 unspecified atom stereocenters. The fourth-order valence-electron chi connectivity index (χ4n) is 9.44. The van der Waals surface area contributed by atoms with Gasteiger partial charge in [-0.05, 0) is 112 Å². The molecule has 25 heavy (non-hydrogen) atoms. The van der Waals surface area contributed by atoms with Gasteiger partial charge in [-0.25, -0.2) is 0 Å². The molecule has 0 saturated heterocycles. The van der Waals surface area contributed by atoms with Crippen LogP contribution in [0.1, 0.15) is 64.2 Å². The minimum Gasteiger partial charge on any atom is -0.480 e. The first kappa shape index (κ1) is 15.5. The zero-order chi connectivity index (χ0) is 16.7. The largest absolute Gasteiger partial charge is 0.480 e. The molecule has 3 heteroatoms. The number of carboxylic acids is 1. The standard InChI is InChI=1S/C22H33NO2/c24-20(25)11-23(21-16-3-12-1-13(5-16)6-17(21)4-12)22-18-7-14-2-15(9-18)10-19(22)8-14/h12-19,21-22H,1-11H2,(H,24,25). The highest BCUT2D eigenvalue weighted by molar-refractivity contribution is 5.69. The van der Waals surface area contributed by atoms with Gasteiger partial charge >= 0.3 is 5.97 Å². The third kappa shape index (κ3) is 2.37. The van der Waals surface area contributed by atoms with Crippen LogP contribution in [0.4, 0.5) is 0 Å². The number of carbonyl (C=O) groups is 1. The van der Waals surface area contributed by atoms with Crippen LogP contribution < -0.4 is 0 Å². The Labute approximate surface area is 151 Å². The molecule has 0 aromatic heterocycles. The first-order valence-electron chi connectivity index (χ1n) is 11.1. The van der Waals surface area contributed by atoms with Gasteiger partial charge in [0.1, 0.15) is 0 Å². The van der Waals surface area contributed by atoms with Crippen LogP contribution in [-0.2, 0) is 4.79 Å². The van der Waals surface area contributed by atoms with Gasteiger partial charge < -0.3 is 5.11 Å². The fourth-order valence-corrected chi connectivity index (χ4v) is 9.44. The molecule has 0 atom stereocenters. The topological polar surface area (TPSA) is 40.5 Å². The summed E-state index contributed by atoms with van der Waals surface area (Å²) in [5, 5.41) is 9.75. The molecule has 0 aromatic carbocycles. The second-order valence-electron chi connectivity index (χ2n) is 10.9. The van der Waals surface area contributed by atoms with Gasteiger partial charge in [0.2, 0.25) is 0 Å². The first-order valence-corrected chi connectivity index (χ1v) is 11.1. The summed E-state index contributed by atoms with van der Waals surface area (Å²) in [6.45, 7) is 0.319. The smallest absolute Gasteiger partial charge is 0.317 e. The lowest BCUT2D eigenvalue weighted by atomic mass is 9.51. The van der Waals surface area contributed by atoms with Gasteiger partial charge in [0.15, 0.2) is 0 Å². The van der Waals surface area contributed by atoms with Gasteiger partial charge in [-0.3, -0.25) is 9.69 Å². The van der Waals surface area contributed by atoms with Crippen LogP contribution in [0.25, 0.3) is 0 Å². The van der Waals surface area contributed by atoms with E-state index in [9.17, 15) is 9.90 Å². The predicted molar refractivity (Wildman–Crippen MR) is 96.0 cm³/mol. The molecular weight excluding hydrogens is 310 g/mol. The maximum atomic E-state index is 11.8. The van der Waals surface area contributed by atoms with Gasteiger partial charge in [-0.2, -0.15) is 0 Å². The van der Waals surface area contributed by atoms with Gasteiger partial charge in [0, 0.05) is 12.1 Å². The van der Waals surface area contributed by atoms with E-state index < -0.39 is 5.97 Å². The molecule has 8 fully saturated rings. The van der Waals surface area contributed by atoms with Crippen molar-refractivity contribution >= 4 is 5.97 Å². The van der Waals surface area contributed by atoms with Crippen LogP contribution in [0.3, 0.4) is 0 Å². The maximum Gasteiger partial charge on any atom is 0.317 e. The Morgan fingerprint density at radius 1 is 0.640 bits per heavy atom. The number of hydrogen-bond donors (Lipinski definition) is 1. The molecule has 8 rings (SSSR count). The zero-order valence-electron chi connectivity index (χ0n) is 15.4. The summed E-state index contributed by atoms with van der Waals surface area (Å²) < 4.78 is 0. The van der Waals surface area contributed by atoms with E-state index in [4.69, 9.17) is 0 Å². The van der Waals surface area contributed by atoms with Crippen molar-refractivity contribution in [3.8, 4) is 0 Å². The summed E-state index contributed by atoms with van der Waals surface area (Å²) in [5.74, 6) is 6.57. The quantitative estimate of drug-likeness (QED) is 0.838. The second kappa shape index (κ2) is 5.47. The van der Waals surface area contributed by atoms with Gasteiger partial charge in [-0.1, -0.05) is 0 Å². The number of rotatable bonds is 4. The lowest BCUT2D eigenvalue weighted by molar-refractivity contribution is -0.156. The molecule has 0 aromatic rings. The van der Waals surface area contributed by atoms with E-state index in [0.717, 1.165) is 47.3 Å². The van der Waals surface area contributed by atoms with Crippen molar-refractivity contribution in [1.29, 1.82) is 0 Å². The highest BCUT2D eigenvalue weighted by atomic mass is 16.4. The Morgan fingerprint density at radius 3 is 1.24 bits per heavy atom. The molecule has 8 aliphatic rings. The number of aliphatic carboxylic acids is 1. The van der Waals surface area contributed by atoms with E-state index in [-0.39, 0.29) is 0 Å². The Hall–Kier alpha value is -0.570. The molecule has 0 amide bonds. The Kier molecular flexibility index (Phi) is 3.39. The van der Waals surface area contributed by atoms with E-state index in [2.05, 4.69) is 4.90 Å². The van der Waals surface area contributed by atoms with Gasteiger partial charge in [-0.15, -0.1) is 0 Å². The minimum atomic E-state index is -0.581. The minimum absolute atomic E-state index is 0.319. The molecule has 0 aliphatic heterocycles. The average Bonchev–Trinajstić information content (AvgIpc) is 2.52. The number of carboxylic acid groups (broad SMARTS) is 1.